The molecule has 1 aromatic heterocycles. The Hall–Kier alpha value is -1.37. The Morgan fingerprint density at radius 1 is 1.35 bits per heavy atom. The number of benzene rings is 1. The summed E-state index contributed by atoms with van der Waals surface area (Å²) in [6.07, 6.45) is 1.92. The van der Waals surface area contributed by atoms with Crippen molar-refractivity contribution in [2.75, 3.05) is 0 Å². The molecule has 2 rings (SSSR count). The van der Waals surface area contributed by atoms with Crippen LogP contribution in [0.5, 0.6) is 0 Å². The smallest absolute Gasteiger partial charge is 0.0998 e. The lowest BCUT2D eigenvalue weighted by atomic mass is 10.0. The molecule has 1 nitrogen and oxygen atoms in total. The molecular weight excluding hydrogens is 294 g/mol. The second-order valence-corrected chi connectivity index (χ2v) is 5.56. The monoisotopic (exact) mass is 303 g/mol. The summed E-state index contributed by atoms with van der Waals surface area (Å²) in [5.41, 5.74) is 2.85. The van der Waals surface area contributed by atoms with Gasteiger partial charge in [-0.25, -0.2) is 0 Å². The van der Waals surface area contributed by atoms with Crippen molar-refractivity contribution < 1.29 is 0 Å². The van der Waals surface area contributed by atoms with Crippen LogP contribution in [0.4, 0.5) is 0 Å². The minimum Gasteiger partial charge on any atom is -0.192 e. The molecule has 84 valence electrons. The van der Waals surface area contributed by atoms with E-state index in [0.29, 0.717) is 5.57 Å². The number of thiophene rings is 1. The highest BCUT2D eigenvalue weighted by atomic mass is 79.9. The van der Waals surface area contributed by atoms with Gasteiger partial charge in [-0.3, -0.25) is 0 Å². The summed E-state index contributed by atoms with van der Waals surface area (Å²) in [7, 11) is 0. The van der Waals surface area contributed by atoms with Gasteiger partial charge in [-0.2, -0.15) is 5.26 Å². The molecule has 0 aliphatic carbocycles. The molecule has 0 fully saturated rings. The van der Waals surface area contributed by atoms with E-state index < -0.39 is 0 Å². The van der Waals surface area contributed by atoms with Crippen molar-refractivity contribution in [1.29, 1.82) is 5.26 Å². The van der Waals surface area contributed by atoms with E-state index in [2.05, 4.69) is 22.0 Å². The van der Waals surface area contributed by atoms with Gasteiger partial charge in [-0.1, -0.05) is 29.8 Å². The van der Waals surface area contributed by atoms with Gasteiger partial charge in [-0.15, -0.1) is 11.3 Å². The van der Waals surface area contributed by atoms with Crippen LogP contribution in [0.25, 0.3) is 11.6 Å². The highest BCUT2D eigenvalue weighted by molar-refractivity contribution is 9.10. The molecule has 0 amide bonds. The largest absolute Gasteiger partial charge is 0.192 e. The van der Waals surface area contributed by atoms with Crippen molar-refractivity contribution >= 4 is 38.9 Å². The van der Waals surface area contributed by atoms with Gasteiger partial charge in [-0.05, 0) is 40.6 Å². The first-order valence-corrected chi connectivity index (χ1v) is 6.79. The average Bonchev–Trinajstić information content (AvgIpc) is 2.73. The van der Waals surface area contributed by atoms with E-state index in [1.54, 1.807) is 11.3 Å². The Labute approximate surface area is 113 Å². The summed E-state index contributed by atoms with van der Waals surface area (Å²) in [6, 6.07) is 12.3. The van der Waals surface area contributed by atoms with Crippen molar-refractivity contribution in [2.24, 2.45) is 0 Å². The topological polar surface area (TPSA) is 23.8 Å². The lowest BCUT2D eigenvalue weighted by molar-refractivity contribution is 1.45. The molecule has 0 aliphatic rings. The van der Waals surface area contributed by atoms with Crippen LogP contribution in [0, 0.1) is 18.3 Å². The predicted molar refractivity (Wildman–Crippen MR) is 76.7 cm³/mol. The maximum atomic E-state index is 9.19. The summed E-state index contributed by atoms with van der Waals surface area (Å²) in [5.74, 6) is 0. The van der Waals surface area contributed by atoms with Crippen molar-refractivity contribution in [1.82, 2.24) is 0 Å². The maximum Gasteiger partial charge on any atom is 0.0998 e. The van der Waals surface area contributed by atoms with E-state index in [1.165, 1.54) is 5.56 Å². The molecule has 0 aliphatic heterocycles. The van der Waals surface area contributed by atoms with Crippen molar-refractivity contribution in [2.45, 2.75) is 6.92 Å². The van der Waals surface area contributed by atoms with E-state index in [0.717, 1.165) is 14.9 Å². The average molecular weight is 304 g/mol. The van der Waals surface area contributed by atoms with Crippen LogP contribution in [0.3, 0.4) is 0 Å². The minimum atomic E-state index is 0.694. The fraction of sp³-hybridized carbons (Fsp3) is 0.0714. The number of rotatable bonds is 2. The molecule has 2 aromatic rings. The standard InChI is InChI=1S/C14H10BrNS/c1-10-2-4-11(5-3-10)12(8-16)6-14-7-13(15)9-17-14/h2-7,9H,1H3/b12-6-. The quantitative estimate of drug-likeness (QED) is 0.725. The zero-order valence-corrected chi connectivity index (χ0v) is 11.7. The molecule has 0 radical (unpaired) electrons. The molecule has 0 saturated carbocycles. The van der Waals surface area contributed by atoms with Crippen molar-refractivity contribution in [3.63, 3.8) is 0 Å². The molecule has 1 heterocycles. The van der Waals surface area contributed by atoms with Crippen LogP contribution in [0.15, 0.2) is 40.2 Å². The predicted octanol–water partition coefficient (Wildman–Crippen LogP) is 4.88. The molecule has 0 unspecified atom stereocenters. The Morgan fingerprint density at radius 3 is 2.59 bits per heavy atom. The number of halogens is 1. The highest BCUT2D eigenvalue weighted by Gasteiger charge is 2.02. The molecule has 17 heavy (non-hydrogen) atoms. The van der Waals surface area contributed by atoms with Gasteiger partial charge < -0.3 is 0 Å². The van der Waals surface area contributed by atoms with Crippen LogP contribution in [0.2, 0.25) is 0 Å². The van der Waals surface area contributed by atoms with Crippen LogP contribution in [-0.4, -0.2) is 0 Å². The fourth-order valence-corrected chi connectivity index (χ4v) is 2.84. The first kappa shape index (κ1) is 12.1. The zero-order chi connectivity index (χ0) is 12.3. The van der Waals surface area contributed by atoms with Gasteiger partial charge in [0.15, 0.2) is 0 Å². The number of aryl methyl sites for hydroxylation is 1. The molecule has 0 bridgehead atoms. The Balaban J connectivity index is 2.37. The molecular formula is C14H10BrNS. The molecule has 0 saturated heterocycles. The maximum absolute atomic E-state index is 9.19. The van der Waals surface area contributed by atoms with Crippen LogP contribution in [-0.2, 0) is 0 Å². The van der Waals surface area contributed by atoms with Gasteiger partial charge in [0.25, 0.3) is 0 Å². The summed E-state index contributed by atoms with van der Waals surface area (Å²) >= 11 is 5.02. The first-order valence-electron chi connectivity index (χ1n) is 5.12. The SMILES string of the molecule is Cc1ccc(/C(C#N)=C\c2cc(Br)cs2)cc1. The van der Waals surface area contributed by atoms with Crippen LogP contribution < -0.4 is 0 Å². The second-order valence-electron chi connectivity index (χ2n) is 3.70. The summed E-state index contributed by atoms with van der Waals surface area (Å²) in [5, 5.41) is 11.2. The number of hydrogen-bond donors (Lipinski definition) is 0. The van der Waals surface area contributed by atoms with E-state index >= 15 is 0 Å². The molecule has 0 N–H and O–H groups in total. The summed E-state index contributed by atoms with van der Waals surface area (Å²) in [6.45, 7) is 2.04. The fourth-order valence-electron chi connectivity index (χ4n) is 1.46. The molecule has 3 heteroatoms. The Kier molecular flexibility index (Phi) is 3.78. The first-order chi connectivity index (χ1) is 8.19. The zero-order valence-electron chi connectivity index (χ0n) is 9.27. The number of allylic oxidation sites excluding steroid dienone is 1. The van der Waals surface area contributed by atoms with Gasteiger partial charge in [0, 0.05) is 14.7 Å². The van der Waals surface area contributed by atoms with Gasteiger partial charge >= 0.3 is 0 Å². The molecule has 1 aromatic carbocycles. The number of hydrogen-bond acceptors (Lipinski definition) is 2. The van der Waals surface area contributed by atoms with Gasteiger partial charge in [0.05, 0.1) is 11.6 Å². The third-order valence-electron chi connectivity index (χ3n) is 2.36. The van der Waals surface area contributed by atoms with Gasteiger partial charge in [0.2, 0.25) is 0 Å². The number of nitriles is 1. The normalized spacial score (nSPS) is 11.2. The highest BCUT2D eigenvalue weighted by Crippen LogP contribution is 2.25. The summed E-state index contributed by atoms with van der Waals surface area (Å²) < 4.78 is 1.05. The third kappa shape index (κ3) is 3.06. The number of nitrogens with zero attached hydrogens (tertiary/aromatic N) is 1. The van der Waals surface area contributed by atoms with E-state index in [4.69, 9.17) is 0 Å². The van der Waals surface area contributed by atoms with Gasteiger partial charge in [0.1, 0.15) is 0 Å². The lowest BCUT2D eigenvalue weighted by Crippen LogP contribution is -1.81. The Morgan fingerprint density at radius 2 is 2.06 bits per heavy atom. The third-order valence-corrected chi connectivity index (χ3v) is 4.00. The summed E-state index contributed by atoms with van der Waals surface area (Å²) in [4.78, 5) is 1.08. The van der Waals surface area contributed by atoms with Crippen LogP contribution in [0.1, 0.15) is 16.0 Å². The Bertz CT molecular complexity index is 587. The van der Waals surface area contributed by atoms with E-state index in [1.807, 2.05) is 48.7 Å². The van der Waals surface area contributed by atoms with Crippen molar-refractivity contribution in [3.05, 3.63) is 56.2 Å². The van der Waals surface area contributed by atoms with E-state index in [9.17, 15) is 5.26 Å². The van der Waals surface area contributed by atoms with Crippen LogP contribution >= 0.6 is 27.3 Å². The second kappa shape index (κ2) is 5.31. The minimum absolute atomic E-state index is 0.694. The molecule has 0 atom stereocenters. The lowest BCUT2D eigenvalue weighted by Gasteiger charge is -1.99. The van der Waals surface area contributed by atoms with E-state index in [-0.39, 0.29) is 0 Å². The van der Waals surface area contributed by atoms with Crippen molar-refractivity contribution in [3.8, 4) is 6.07 Å². The molecule has 0 spiro atoms.